The van der Waals surface area contributed by atoms with Gasteiger partial charge in [0.05, 0.1) is 0 Å². The van der Waals surface area contributed by atoms with Gasteiger partial charge in [0.2, 0.25) is 0 Å². The first-order valence-corrected chi connectivity index (χ1v) is 7.16. The third-order valence-electron chi connectivity index (χ3n) is 3.56. The molecular weight excluding hydrogens is 246 g/mol. The quantitative estimate of drug-likeness (QED) is 0.906. The van der Waals surface area contributed by atoms with Crippen molar-refractivity contribution in [1.82, 2.24) is 15.3 Å². The topological polar surface area (TPSA) is 37.8 Å². The Morgan fingerprint density at radius 3 is 2.20 bits per heavy atom. The zero-order valence-electron chi connectivity index (χ0n) is 12.8. The highest BCUT2D eigenvalue weighted by Crippen LogP contribution is 2.20. The summed E-state index contributed by atoms with van der Waals surface area (Å²) >= 11 is 0. The molecule has 0 amide bonds. The molecule has 2 rings (SSSR count). The Morgan fingerprint density at radius 2 is 1.65 bits per heavy atom. The molecule has 0 bridgehead atoms. The van der Waals surface area contributed by atoms with Crippen LogP contribution in [0.2, 0.25) is 0 Å². The molecule has 1 aromatic heterocycles. The molecule has 1 unspecified atom stereocenters. The van der Waals surface area contributed by atoms with Crippen LogP contribution in [0.1, 0.15) is 23.9 Å². The van der Waals surface area contributed by atoms with Crippen LogP contribution >= 0.6 is 0 Å². The van der Waals surface area contributed by atoms with Gasteiger partial charge in [0.1, 0.15) is 0 Å². The summed E-state index contributed by atoms with van der Waals surface area (Å²) in [5.41, 5.74) is 4.56. The monoisotopic (exact) mass is 269 g/mol. The Morgan fingerprint density at radius 1 is 1.05 bits per heavy atom. The molecule has 0 aliphatic heterocycles. The number of hydrogen-bond donors (Lipinski definition) is 1. The van der Waals surface area contributed by atoms with Gasteiger partial charge in [-0.2, -0.15) is 0 Å². The second kappa shape index (κ2) is 6.62. The summed E-state index contributed by atoms with van der Waals surface area (Å²) < 4.78 is 0. The molecule has 0 saturated heterocycles. The van der Waals surface area contributed by atoms with Crippen molar-refractivity contribution >= 4 is 0 Å². The maximum atomic E-state index is 4.69. The zero-order chi connectivity index (χ0) is 14.5. The van der Waals surface area contributed by atoms with E-state index in [1.165, 1.54) is 5.56 Å². The van der Waals surface area contributed by atoms with E-state index in [4.69, 9.17) is 0 Å². The van der Waals surface area contributed by atoms with E-state index in [1.807, 2.05) is 25.2 Å². The molecule has 0 saturated carbocycles. The van der Waals surface area contributed by atoms with Crippen molar-refractivity contribution in [3.63, 3.8) is 0 Å². The lowest BCUT2D eigenvalue weighted by Crippen LogP contribution is -2.19. The summed E-state index contributed by atoms with van der Waals surface area (Å²) in [6, 6.07) is 10.2. The first-order chi connectivity index (χ1) is 9.61. The van der Waals surface area contributed by atoms with Crippen molar-refractivity contribution in [2.75, 3.05) is 13.6 Å². The second-order valence-electron chi connectivity index (χ2n) is 5.43. The normalized spacial score (nSPS) is 12.4. The molecule has 20 heavy (non-hydrogen) atoms. The highest BCUT2D eigenvalue weighted by Gasteiger charge is 2.12. The van der Waals surface area contributed by atoms with E-state index < -0.39 is 0 Å². The molecule has 1 atom stereocenters. The van der Waals surface area contributed by atoms with E-state index >= 15 is 0 Å². The highest BCUT2D eigenvalue weighted by molar-refractivity contribution is 5.55. The van der Waals surface area contributed by atoms with Gasteiger partial charge in [-0.05, 0) is 45.3 Å². The van der Waals surface area contributed by atoms with Crippen molar-refractivity contribution in [2.45, 2.75) is 27.2 Å². The summed E-state index contributed by atoms with van der Waals surface area (Å²) in [5, 5.41) is 3.22. The fourth-order valence-electron chi connectivity index (χ4n) is 2.52. The molecule has 2 aromatic rings. The van der Waals surface area contributed by atoms with Gasteiger partial charge in [0.25, 0.3) is 0 Å². The van der Waals surface area contributed by atoms with Crippen LogP contribution in [0.25, 0.3) is 11.4 Å². The van der Waals surface area contributed by atoms with Crippen LogP contribution in [-0.4, -0.2) is 23.6 Å². The van der Waals surface area contributed by atoms with Crippen LogP contribution < -0.4 is 5.32 Å². The molecule has 1 aromatic carbocycles. The fraction of sp³-hybridized carbons (Fsp3) is 0.412. The smallest absolute Gasteiger partial charge is 0.159 e. The Hall–Kier alpha value is -1.74. The Bertz CT molecular complexity index is 541. The summed E-state index contributed by atoms with van der Waals surface area (Å²) in [4.78, 5) is 9.37. The van der Waals surface area contributed by atoms with Crippen molar-refractivity contribution < 1.29 is 0 Å². The molecular formula is C17H23N3. The number of nitrogens with one attached hydrogen (secondary N) is 1. The minimum absolute atomic E-state index is 0.587. The van der Waals surface area contributed by atoms with Gasteiger partial charge in [-0.15, -0.1) is 0 Å². The van der Waals surface area contributed by atoms with E-state index in [0.29, 0.717) is 5.92 Å². The average molecular weight is 269 g/mol. The molecule has 0 spiro atoms. The van der Waals surface area contributed by atoms with Gasteiger partial charge in [-0.3, -0.25) is 0 Å². The van der Waals surface area contributed by atoms with Gasteiger partial charge in [0.15, 0.2) is 5.82 Å². The van der Waals surface area contributed by atoms with E-state index in [2.05, 4.69) is 48.2 Å². The predicted octanol–water partition coefficient (Wildman–Crippen LogP) is 3.16. The van der Waals surface area contributed by atoms with E-state index in [-0.39, 0.29) is 0 Å². The minimum atomic E-state index is 0.587. The van der Waals surface area contributed by atoms with Crippen molar-refractivity contribution in [3.05, 3.63) is 47.3 Å². The molecule has 1 heterocycles. The number of benzene rings is 1. The average Bonchev–Trinajstić information content (AvgIpc) is 2.44. The number of aromatic nitrogens is 2. The molecule has 0 aliphatic rings. The van der Waals surface area contributed by atoms with Crippen LogP contribution in [0.4, 0.5) is 0 Å². The molecule has 0 radical (unpaired) electrons. The number of rotatable bonds is 5. The maximum absolute atomic E-state index is 4.69. The summed E-state index contributed by atoms with van der Waals surface area (Å²) in [6.45, 7) is 7.44. The van der Waals surface area contributed by atoms with Crippen molar-refractivity contribution in [1.29, 1.82) is 0 Å². The third-order valence-corrected chi connectivity index (χ3v) is 3.56. The second-order valence-corrected chi connectivity index (χ2v) is 5.43. The first kappa shape index (κ1) is 14.7. The lowest BCUT2D eigenvalue weighted by Gasteiger charge is -2.15. The Labute approximate surface area is 121 Å². The zero-order valence-corrected chi connectivity index (χ0v) is 12.8. The molecule has 0 aliphatic carbocycles. The molecule has 1 N–H and O–H groups in total. The van der Waals surface area contributed by atoms with Gasteiger partial charge < -0.3 is 5.32 Å². The number of hydrogen-bond acceptors (Lipinski definition) is 3. The summed E-state index contributed by atoms with van der Waals surface area (Å²) in [6.07, 6.45) is 1.02. The van der Waals surface area contributed by atoms with Gasteiger partial charge in [-0.1, -0.05) is 37.3 Å². The minimum Gasteiger partial charge on any atom is -0.319 e. The Balaban J connectivity index is 2.30. The molecule has 3 nitrogen and oxygen atoms in total. The van der Waals surface area contributed by atoms with Crippen LogP contribution in [0.15, 0.2) is 30.3 Å². The first-order valence-electron chi connectivity index (χ1n) is 7.16. The third kappa shape index (κ3) is 3.42. The van der Waals surface area contributed by atoms with Crippen molar-refractivity contribution in [2.24, 2.45) is 5.92 Å². The highest BCUT2D eigenvalue weighted by atomic mass is 14.9. The van der Waals surface area contributed by atoms with Gasteiger partial charge >= 0.3 is 0 Å². The summed E-state index contributed by atoms with van der Waals surface area (Å²) in [5.74, 6) is 1.41. The maximum Gasteiger partial charge on any atom is 0.159 e. The lowest BCUT2D eigenvalue weighted by molar-refractivity contribution is 0.537. The van der Waals surface area contributed by atoms with Gasteiger partial charge in [-0.25, -0.2) is 9.97 Å². The SMILES string of the molecule is CNCC(C)Cc1c(C)nc(-c2ccccc2)nc1C. The largest absolute Gasteiger partial charge is 0.319 e. The van der Waals surface area contributed by atoms with Crippen LogP contribution in [-0.2, 0) is 6.42 Å². The number of nitrogens with zero attached hydrogens (tertiary/aromatic N) is 2. The number of aryl methyl sites for hydroxylation is 2. The predicted molar refractivity (Wildman–Crippen MR) is 83.7 cm³/mol. The van der Waals surface area contributed by atoms with Crippen LogP contribution in [0, 0.1) is 19.8 Å². The van der Waals surface area contributed by atoms with E-state index in [9.17, 15) is 0 Å². The molecule has 106 valence electrons. The van der Waals surface area contributed by atoms with Gasteiger partial charge in [0, 0.05) is 17.0 Å². The summed E-state index contributed by atoms with van der Waals surface area (Å²) in [7, 11) is 1.99. The van der Waals surface area contributed by atoms with Crippen molar-refractivity contribution in [3.8, 4) is 11.4 Å². The van der Waals surface area contributed by atoms with E-state index in [1.54, 1.807) is 0 Å². The van der Waals surface area contributed by atoms with Crippen LogP contribution in [0.5, 0.6) is 0 Å². The Kier molecular flexibility index (Phi) is 4.85. The van der Waals surface area contributed by atoms with E-state index in [0.717, 1.165) is 35.7 Å². The van der Waals surface area contributed by atoms with Crippen LogP contribution in [0.3, 0.4) is 0 Å². The standard InChI is InChI=1S/C17H23N3/c1-12(11-18-4)10-16-13(2)19-17(20-14(16)3)15-8-6-5-7-9-15/h5-9,12,18H,10-11H2,1-4H3. The molecule has 0 fully saturated rings. The molecule has 3 heteroatoms. The fourth-order valence-corrected chi connectivity index (χ4v) is 2.52. The lowest BCUT2D eigenvalue weighted by atomic mass is 9.98.